The summed E-state index contributed by atoms with van der Waals surface area (Å²) in [7, 11) is 0. The average molecular weight is 277 g/mol. The van der Waals surface area contributed by atoms with Crippen molar-refractivity contribution >= 4 is 11.9 Å². The van der Waals surface area contributed by atoms with Crippen molar-refractivity contribution in [3.05, 3.63) is 23.8 Å². The first-order valence-corrected chi connectivity index (χ1v) is 7.49. The van der Waals surface area contributed by atoms with Crippen LogP contribution < -0.4 is 0 Å². The smallest absolute Gasteiger partial charge is 0.410 e. The molecule has 4 nitrogen and oxygen atoms in total. The third-order valence-corrected chi connectivity index (χ3v) is 4.04. The Kier molecular flexibility index (Phi) is 5.39. The van der Waals surface area contributed by atoms with E-state index in [9.17, 15) is 9.59 Å². The SMILES string of the molecule is CCC(=O)C1CCN(C(=O)OCC2=CC=CCC2)CC1. The maximum absolute atomic E-state index is 12.0. The van der Waals surface area contributed by atoms with Crippen LogP contribution in [-0.4, -0.2) is 36.5 Å². The van der Waals surface area contributed by atoms with Crippen LogP contribution in [0.4, 0.5) is 4.79 Å². The fourth-order valence-corrected chi connectivity index (χ4v) is 2.69. The molecule has 0 bridgehead atoms. The van der Waals surface area contributed by atoms with E-state index in [1.807, 2.05) is 19.1 Å². The van der Waals surface area contributed by atoms with E-state index in [1.54, 1.807) is 4.90 Å². The summed E-state index contributed by atoms with van der Waals surface area (Å²) < 4.78 is 5.34. The summed E-state index contributed by atoms with van der Waals surface area (Å²) in [6.45, 7) is 3.55. The number of rotatable bonds is 4. The van der Waals surface area contributed by atoms with Gasteiger partial charge in [-0.25, -0.2) is 4.79 Å². The van der Waals surface area contributed by atoms with Crippen LogP contribution in [0, 0.1) is 5.92 Å². The molecule has 1 amide bonds. The molecule has 20 heavy (non-hydrogen) atoms. The van der Waals surface area contributed by atoms with Gasteiger partial charge in [-0.3, -0.25) is 4.79 Å². The van der Waals surface area contributed by atoms with Crippen LogP contribution in [0.2, 0.25) is 0 Å². The Labute approximate surface area is 120 Å². The summed E-state index contributed by atoms with van der Waals surface area (Å²) in [4.78, 5) is 25.3. The zero-order chi connectivity index (χ0) is 14.4. The van der Waals surface area contributed by atoms with Crippen molar-refractivity contribution in [3.63, 3.8) is 0 Å². The predicted octanol–water partition coefficient (Wildman–Crippen LogP) is 3.09. The number of allylic oxidation sites excluding steroid dienone is 3. The van der Waals surface area contributed by atoms with Gasteiger partial charge in [0.2, 0.25) is 0 Å². The molecule has 0 aromatic rings. The second-order valence-electron chi connectivity index (χ2n) is 5.43. The molecule has 0 aromatic carbocycles. The predicted molar refractivity (Wildman–Crippen MR) is 77.4 cm³/mol. The van der Waals surface area contributed by atoms with Crippen LogP contribution in [-0.2, 0) is 9.53 Å². The van der Waals surface area contributed by atoms with Crippen LogP contribution in [0.5, 0.6) is 0 Å². The zero-order valence-electron chi connectivity index (χ0n) is 12.1. The van der Waals surface area contributed by atoms with Gasteiger partial charge in [-0.15, -0.1) is 0 Å². The fraction of sp³-hybridized carbons (Fsp3) is 0.625. The number of ketones is 1. The van der Waals surface area contributed by atoms with Gasteiger partial charge in [0.15, 0.2) is 0 Å². The van der Waals surface area contributed by atoms with Crippen molar-refractivity contribution < 1.29 is 14.3 Å². The summed E-state index contributed by atoms with van der Waals surface area (Å²) in [5.41, 5.74) is 1.16. The first-order valence-electron chi connectivity index (χ1n) is 7.49. The summed E-state index contributed by atoms with van der Waals surface area (Å²) in [5.74, 6) is 0.451. The molecule has 1 heterocycles. The molecule has 0 N–H and O–H groups in total. The molecule has 0 unspecified atom stereocenters. The Morgan fingerprint density at radius 1 is 1.35 bits per heavy atom. The topological polar surface area (TPSA) is 46.6 Å². The Balaban J connectivity index is 1.73. The van der Waals surface area contributed by atoms with Crippen molar-refractivity contribution in [3.8, 4) is 0 Å². The van der Waals surface area contributed by atoms with Crippen molar-refractivity contribution in [1.82, 2.24) is 4.90 Å². The number of nitrogens with zero attached hydrogens (tertiary/aromatic N) is 1. The maximum atomic E-state index is 12.0. The lowest BCUT2D eigenvalue weighted by molar-refractivity contribution is -0.123. The lowest BCUT2D eigenvalue weighted by Gasteiger charge is -2.30. The van der Waals surface area contributed by atoms with Gasteiger partial charge in [0.1, 0.15) is 12.4 Å². The number of ether oxygens (including phenoxy) is 1. The molecule has 1 aliphatic carbocycles. The van der Waals surface area contributed by atoms with Crippen molar-refractivity contribution in [2.45, 2.75) is 39.0 Å². The monoisotopic (exact) mass is 277 g/mol. The van der Waals surface area contributed by atoms with E-state index in [0.29, 0.717) is 31.9 Å². The molecule has 0 aromatic heterocycles. The van der Waals surface area contributed by atoms with Crippen LogP contribution in [0.25, 0.3) is 0 Å². The number of hydrogen-bond acceptors (Lipinski definition) is 3. The Morgan fingerprint density at radius 2 is 2.10 bits per heavy atom. The normalized spacial score (nSPS) is 19.6. The molecule has 0 saturated carbocycles. The van der Waals surface area contributed by atoms with E-state index in [-0.39, 0.29) is 12.0 Å². The lowest BCUT2D eigenvalue weighted by atomic mass is 9.91. The van der Waals surface area contributed by atoms with Gasteiger partial charge in [0.25, 0.3) is 0 Å². The Hall–Kier alpha value is -1.58. The van der Waals surface area contributed by atoms with E-state index in [1.165, 1.54) is 0 Å². The van der Waals surface area contributed by atoms with Crippen molar-refractivity contribution in [1.29, 1.82) is 0 Å². The highest BCUT2D eigenvalue weighted by Gasteiger charge is 2.27. The second kappa shape index (κ2) is 7.27. The minimum atomic E-state index is -0.247. The first kappa shape index (κ1) is 14.8. The van der Waals surface area contributed by atoms with Crippen LogP contribution >= 0.6 is 0 Å². The second-order valence-corrected chi connectivity index (χ2v) is 5.43. The highest BCUT2D eigenvalue weighted by molar-refractivity contribution is 5.81. The number of Topliss-reactive ketones (excluding diaryl/α,β-unsaturated/α-hetero) is 1. The molecular weight excluding hydrogens is 254 g/mol. The third kappa shape index (κ3) is 3.95. The van der Waals surface area contributed by atoms with E-state index < -0.39 is 0 Å². The summed E-state index contributed by atoms with van der Waals surface area (Å²) in [6, 6.07) is 0. The molecule has 2 aliphatic rings. The molecule has 1 fully saturated rings. The van der Waals surface area contributed by atoms with Crippen LogP contribution in [0.1, 0.15) is 39.0 Å². The molecule has 1 aliphatic heterocycles. The number of piperidine rings is 1. The van der Waals surface area contributed by atoms with Crippen molar-refractivity contribution in [2.24, 2.45) is 5.92 Å². The largest absolute Gasteiger partial charge is 0.445 e. The van der Waals surface area contributed by atoms with Crippen LogP contribution in [0.3, 0.4) is 0 Å². The Bertz CT molecular complexity index is 417. The standard InChI is InChI=1S/C16H23NO3/c1-2-15(18)14-8-10-17(11-9-14)16(19)20-12-13-6-4-3-5-7-13/h3-4,6,14H,2,5,7-12H2,1H3. The number of carbonyl (C=O) groups excluding carboxylic acids is 2. The quantitative estimate of drug-likeness (QED) is 0.793. The molecule has 0 atom stereocenters. The zero-order valence-corrected chi connectivity index (χ0v) is 12.1. The summed E-state index contributed by atoms with van der Waals surface area (Å²) in [6.07, 6.45) is 10.0. The highest BCUT2D eigenvalue weighted by Crippen LogP contribution is 2.20. The fourth-order valence-electron chi connectivity index (χ4n) is 2.69. The summed E-state index contributed by atoms with van der Waals surface area (Å²) >= 11 is 0. The van der Waals surface area contributed by atoms with E-state index in [4.69, 9.17) is 4.74 Å². The van der Waals surface area contributed by atoms with Gasteiger partial charge in [-0.1, -0.05) is 25.2 Å². The van der Waals surface area contributed by atoms with Gasteiger partial charge >= 0.3 is 6.09 Å². The van der Waals surface area contributed by atoms with Crippen molar-refractivity contribution in [2.75, 3.05) is 19.7 Å². The molecule has 110 valence electrons. The number of carbonyl (C=O) groups is 2. The number of amides is 1. The first-order chi connectivity index (χ1) is 9.70. The highest BCUT2D eigenvalue weighted by atomic mass is 16.6. The van der Waals surface area contributed by atoms with Gasteiger partial charge in [0, 0.05) is 25.4 Å². The average Bonchev–Trinajstić information content (AvgIpc) is 2.53. The minimum absolute atomic E-state index is 0.134. The van der Waals surface area contributed by atoms with Gasteiger partial charge in [0.05, 0.1) is 0 Å². The molecule has 0 radical (unpaired) electrons. The number of hydrogen-bond donors (Lipinski definition) is 0. The summed E-state index contributed by atoms with van der Waals surface area (Å²) in [5, 5.41) is 0. The maximum Gasteiger partial charge on any atom is 0.410 e. The Morgan fingerprint density at radius 3 is 2.70 bits per heavy atom. The van der Waals surface area contributed by atoms with Gasteiger partial charge in [-0.05, 0) is 31.3 Å². The molecule has 4 heteroatoms. The van der Waals surface area contributed by atoms with Gasteiger partial charge in [-0.2, -0.15) is 0 Å². The van der Waals surface area contributed by atoms with E-state index in [0.717, 1.165) is 31.3 Å². The minimum Gasteiger partial charge on any atom is -0.445 e. The third-order valence-electron chi connectivity index (χ3n) is 4.04. The molecular formula is C16H23NO3. The number of likely N-dealkylation sites (tertiary alicyclic amines) is 1. The van der Waals surface area contributed by atoms with E-state index in [2.05, 4.69) is 6.08 Å². The molecule has 2 rings (SSSR count). The molecule has 1 saturated heterocycles. The van der Waals surface area contributed by atoms with Gasteiger partial charge < -0.3 is 9.64 Å². The van der Waals surface area contributed by atoms with Crippen LogP contribution in [0.15, 0.2) is 23.8 Å². The van der Waals surface area contributed by atoms with E-state index >= 15 is 0 Å². The molecule has 0 spiro atoms. The lowest BCUT2D eigenvalue weighted by Crippen LogP contribution is -2.40.